The summed E-state index contributed by atoms with van der Waals surface area (Å²) in [6, 6.07) is 10.9. The number of aryl methyl sites for hydroxylation is 1. The van der Waals surface area contributed by atoms with Crippen LogP contribution in [0, 0.1) is 13.8 Å². The molecule has 0 spiro atoms. The van der Waals surface area contributed by atoms with E-state index >= 15 is 0 Å². The minimum atomic E-state index is -0.937. The maximum Gasteiger partial charge on any atom is 0.335 e. The van der Waals surface area contributed by atoms with E-state index in [2.05, 4.69) is 15.9 Å². The molecule has 0 aliphatic heterocycles. The number of halogens is 1. The monoisotopic (exact) mass is 334 g/mol. The first-order valence-electron chi connectivity index (χ1n) is 6.20. The summed E-state index contributed by atoms with van der Waals surface area (Å²) >= 11 is 3.38. The molecule has 20 heavy (non-hydrogen) atoms. The predicted molar refractivity (Wildman–Crippen MR) is 81.3 cm³/mol. The highest BCUT2D eigenvalue weighted by Gasteiger charge is 2.08. The van der Waals surface area contributed by atoms with Crippen LogP contribution in [0.25, 0.3) is 0 Å². The summed E-state index contributed by atoms with van der Waals surface area (Å²) in [6.07, 6.45) is 0. The van der Waals surface area contributed by atoms with Crippen molar-refractivity contribution in [1.29, 1.82) is 0 Å². The highest BCUT2D eigenvalue weighted by molar-refractivity contribution is 9.10. The van der Waals surface area contributed by atoms with Gasteiger partial charge < -0.3 is 9.84 Å². The fourth-order valence-electron chi connectivity index (χ4n) is 1.83. The predicted octanol–water partition coefficient (Wildman–Crippen LogP) is 4.34. The first kappa shape index (κ1) is 14.6. The molecule has 0 radical (unpaired) electrons. The smallest absolute Gasteiger partial charge is 0.335 e. The van der Waals surface area contributed by atoms with E-state index in [0.29, 0.717) is 6.61 Å². The molecule has 2 rings (SSSR count). The molecule has 0 saturated heterocycles. The van der Waals surface area contributed by atoms with E-state index in [0.717, 1.165) is 21.3 Å². The van der Waals surface area contributed by atoms with E-state index < -0.39 is 5.97 Å². The Morgan fingerprint density at radius 2 is 2.00 bits per heavy atom. The van der Waals surface area contributed by atoms with Crippen molar-refractivity contribution in [2.75, 3.05) is 0 Å². The molecule has 0 amide bonds. The van der Waals surface area contributed by atoms with E-state index in [1.807, 2.05) is 32.0 Å². The third-order valence-electron chi connectivity index (χ3n) is 3.24. The summed E-state index contributed by atoms with van der Waals surface area (Å²) in [5, 5.41) is 8.92. The Morgan fingerprint density at radius 3 is 2.65 bits per heavy atom. The topological polar surface area (TPSA) is 46.5 Å². The summed E-state index contributed by atoms with van der Waals surface area (Å²) in [4.78, 5) is 10.9. The minimum Gasteiger partial charge on any atom is -0.489 e. The number of benzene rings is 2. The first-order chi connectivity index (χ1) is 9.49. The van der Waals surface area contributed by atoms with Crippen LogP contribution < -0.4 is 4.74 Å². The van der Waals surface area contributed by atoms with Crippen molar-refractivity contribution in [2.45, 2.75) is 20.5 Å². The van der Waals surface area contributed by atoms with Gasteiger partial charge in [0.05, 0.1) is 5.56 Å². The Balaban J connectivity index is 2.15. The second-order valence-corrected chi connectivity index (χ2v) is 5.45. The number of carboxylic acid groups (broad SMARTS) is 1. The highest BCUT2D eigenvalue weighted by atomic mass is 79.9. The standard InChI is InChI=1S/C16H15BrO3/c1-10-4-3-5-15(11(10)2)20-9-13-7-6-12(16(18)19)8-14(13)17/h3-8H,9H2,1-2H3,(H,18,19). The largest absolute Gasteiger partial charge is 0.489 e. The molecule has 4 heteroatoms. The summed E-state index contributed by atoms with van der Waals surface area (Å²) in [6.45, 7) is 4.46. The second-order valence-electron chi connectivity index (χ2n) is 4.60. The molecule has 2 aromatic rings. The maximum atomic E-state index is 10.9. The Labute approximate surface area is 126 Å². The van der Waals surface area contributed by atoms with Crippen LogP contribution in [0.5, 0.6) is 5.75 Å². The van der Waals surface area contributed by atoms with Gasteiger partial charge in [0.25, 0.3) is 0 Å². The zero-order valence-corrected chi connectivity index (χ0v) is 12.9. The van der Waals surface area contributed by atoms with Crippen LogP contribution in [-0.4, -0.2) is 11.1 Å². The lowest BCUT2D eigenvalue weighted by Crippen LogP contribution is -2.01. The van der Waals surface area contributed by atoms with E-state index in [1.54, 1.807) is 18.2 Å². The normalized spacial score (nSPS) is 10.3. The van der Waals surface area contributed by atoms with Gasteiger partial charge in [-0.15, -0.1) is 0 Å². The van der Waals surface area contributed by atoms with Gasteiger partial charge in [0.2, 0.25) is 0 Å². The van der Waals surface area contributed by atoms with Crippen molar-refractivity contribution in [3.8, 4) is 5.75 Å². The number of rotatable bonds is 4. The third-order valence-corrected chi connectivity index (χ3v) is 3.98. The van der Waals surface area contributed by atoms with Gasteiger partial charge in [0, 0.05) is 10.0 Å². The van der Waals surface area contributed by atoms with Crippen LogP contribution in [0.3, 0.4) is 0 Å². The van der Waals surface area contributed by atoms with Gasteiger partial charge in [-0.2, -0.15) is 0 Å². The number of carboxylic acids is 1. The van der Waals surface area contributed by atoms with Gasteiger partial charge in [-0.05, 0) is 43.2 Å². The molecule has 0 atom stereocenters. The number of carbonyl (C=O) groups is 1. The van der Waals surface area contributed by atoms with Gasteiger partial charge in [-0.1, -0.05) is 34.1 Å². The zero-order chi connectivity index (χ0) is 14.7. The van der Waals surface area contributed by atoms with Crippen LogP contribution >= 0.6 is 15.9 Å². The Morgan fingerprint density at radius 1 is 1.25 bits per heavy atom. The van der Waals surface area contributed by atoms with Crippen LogP contribution in [0.15, 0.2) is 40.9 Å². The average Bonchev–Trinajstić information content (AvgIpc) is 2.41. The molecular weight excluding hydrogens is 320 g/mol. The van der Waals surface area contributed by atoms with Crippen molar-refractivity contribution in [3.63, 3.8) is 0 Å². The minimum absolute atomic E-state index is 0.257. The Hall–Kier alpha value is -1.81. The average molecular weight is 335 g/mol. The molecule has 0 heterocycles. The van der Waals surface area contributed by atoms with Gasteiger partial charge in [0.15, 0.2) is 0 Å². The van der Waals surface area contributed by atoms with Crippen molar-refractivity contribution in [2.24, 2.45) is 0 Å². The molecule has 0 aromatic heterocycles. The van der Waals surface area contributed by atoms with Crippen molar-refractivity contribution in [3.05, 3.63) is 63.1 Å². The summed E-state index contributed by atoms with van der Waals surface area (Å²) in [5.41, 5.74) is 3.47. The number of hydrogen-bond acceptors (Lipinski definition) is 2. The fourth-order valence-corrected chi connectivity index (χ4v) is 2.33. The van der Waals surface area contributed by atoms with Crippen molar-refractivity contribution >= 4 is 21.9 Å². The lowest BCUT2D eigenvalue weighted by molar-refractivity contribution is 0.0696. The molecule has 104 valence electrons. The quantitative estimate of drug-likeness (QED) is 0.904. The Bertz CT molecular complexity index is 650. The molecule has 2 aromatic carbocycles. The van der Waals surface area contributed by atoms with Crippen LogP contribution in [0.4, 0.5) is 0 Å². The second kappa shape index (κ2) is 6.09. The van der Waals surface area contributed by atoms with E-state index in [-0.39, 0.29) is 5.56 Å². The molecule has 0 saturated carbocycles. The third kappa shape index (κ3) is 3.20. The van der Waals surface area contributed by atoms with E-state index in [4.69, 9.17) is 9.84 Å². The van der Waals surface area contributed by atoms with Crippen molar-refractivity contribution < 1.29 is 14.6 Å². The number of ether oxygens (including phenoxy) is 1. The van der Waals surface area contributed by atoms with Gasteiger partial charge >= 0.3 is 5.97 Å². The molecule has 0 fully saturated rings. The molecule has 1 N–H and O–H groups in total. The van der Waals surface area contributed by atoms with Gasteiger partial charge in [-0.25, -0.2) is 4.79 Å². The summed E-state index contributed by atoms with van der Waals surface area (Å²) in [7, 11) is 0. The summed E-state index contributed by atoms with van der Waals surface area (Å²) in [5.74, 6) is -0.0908. The SMILES string of the molecule is Cc1cccc(OCc2ccc(C(=O)O)cc2Br)c1C. The molecule has 0 aliphatic rings. The maximum absolute atomic E-state index is 10.9. The fraction of sp³-hybridized carbons (Fsp3) is 0.188. The van der Waals surface area contributed by atoms with Crippen LogP contribution in [0.1, 0.15) is 27.0 Å². The number of hydrogen-bond donors (Lipinski definition) is 1. The van der Waals surface area contributed by atoms with Crippen LogP contribution in [0.2, 0.25) is 0 Å². The van der Waals surface area contributed by atoms with E-state index in [9.17, 15) is 4.79 Å². The van der Waals surface area contributed by atoms with Gasteiger partial charge in [-0.3, -0.25) is 0 Å². The molecule has 0 aliphatic carbocycles. The Kier molecular flexibility index (Phi) is 4.45. The lowest BCUT2D eigenvalue weighted by Gasteiger charge is -2.12. The molecule has 0 bridgehead atoms. The molecule has 0 unspecified atom stereocenters. The van der Waals surface area contributed by atoms with Gasteiger partial charge in [0.1, 0.15) is 12.4 Å². The molecular formula is C16H15BrO3. The van der Waals surface area contributed by atoms with Crippen molar-refractivity contribution in [1.82, 2.24) is 0 Å². The van der Waals surface area contributed by atoms with E-state index in [1.165, 1.54) is 5.56 Å². The first-order valence-corrected chi connectivity index (χ1v) is 6.99. The summed E-state index contributed by atoms with van der Waals surface area (Å²) < 4.78 is 6.55. The zero-order valence-electron chi connectivity index (χ0n) is 11.3. The lowest BCUT2D eigenvalue weighted by atomic mass is 10.1. The molecule has 3 nitrogen and oxygen atoms in total. The van der Waals surface area contributed by atoms with Crippen LogP contribution in [-0.2, 0) is 6.61 Å². The number of aromatic carboxylic acids is 1. The highest BCUT2D eigenvalue weighted by Crippen LogP contribution is 2.24.